The van der Waals surface area contributed by atoms with Crippen molar-refractivity contribution in [3.63, 3.8) is 0 Å². The Morgan fingerprint density at radius 3 is 2.56 bits per heavy atom. The second-order valence-electron chi connectivity index (χ2n) is 11.5. The van der Waals surface area contributed by atoms with E-state index >= 15 is 0 Å². The largest absolute Gasteiger partial charge is 0.497 e. The molecule has 5 rings (SSSR count). The summed E-state index contributed by atoms with van der Waals surface area (Å²) in [6, 6.07) is 14.8. The Morgan fingerprint density at radius 2 is 1.84 bits per heavy atom. The highest BCUT2D eigenvalue weighted by atomic mass is 32.2. The molecule has 3 aliphatic rings. The van der Waals surface area contributed by atoms with Crippen molar-refractivity contribution in [1.82, 2.24) is 15.5 Å². The zero-order chi connectivity index (χ0) is 30.6. The first-order chi connectivity index (χ1) is 20.7. The number of fused-ring (bicyclic) bond motifs is 1. The van der Waals surface area contributed by atoms with Gasteiger partial charge in [-0.3, -0.25) is 9.59 Å². The van der Waals surface area contributed by atoms with Gasteiger partial charge in [-0.1, -0.05) is 42.5 Å². The number of alkyl carbamates (subject to hydrolysis) is 1. The van der Waals surface area contributed by atoms with E-state index in [1.807, 2.05) is 44.2 Å². The minimum Gasteiger partial charge on any atom is -0.497 e. The number of benzene rings is 2. The smallest absolute Gasteiger partial charge is 0.407 e. The Bertz CT molecular complexity index is 1280. The van der Waals surface area contributed by atoms with E-state index in [-0.39, 0.29) is 37.0 Å². The number of nitrogens with zero attached hydrogens (tertiary/aromatic N) is 1. The Labute approximate surface area is 255 Å². The summed E-state index contributed by atoms with van der Waals surface area (Å²) in [5.74, 6) is -0.150. The molecule has 3 saturated heterocycles. The number of hydrogen-bond donors (Lipinski definition) is 3. The molecular weight excluding hydrogens is 574 g/mol. The van der Waals surface area contributed by atoms with Crippen LogP contribution in [0, 0.1) is 5.92 Å². The summed E-state index contributed by atoms with van der Waals surface area (Å²) in [4.78, 5) is 41.8. The van der Waals surface area contributed by atoms with Gasteiger partial charge in [-0.25, -0.2) is 4.79 Å². The van der Waals surface area contributed by atoms with E-state index < -0.39 is 41.0 Å². The summed E-state index contributed by atoms with van der Waals surface area (Å²) in [6.07, 6.45) is -2.43. The van der Waals surface area contributed by atoms with Crippen molar-refractivity contribution in [3.05, 3.63) is 65.7 Å². The van der Waals surface area contributed by atoms with Gasteiger partial charge in [-0.15, -0.1) is 11.8 Å². The van der Waals surface area contributed by atoms with Crippen molar-refractivity contribution in [2.45, 2.75) is 68.6 Å². The molecule has 43 heavy (non-hydrogen) atoms. The Morgan fingerprint density at radius 1 is 1.09 bits per heavy atom. The van der Waals surface area contributed by atoms with E-state index in [1.54, 1.807) is 31.4 Å². The van der Waals surface area contributed by atoms with Crippen molar-refractivity contribution in [2.75, 3.05) is 26.2 Å². The van der Waals surface area contributed by atoms with E-state index in [0.717, 1.165) is 17.5 Å². The van der Waals surface area contributed by atoms with Crippen LogP contribution in [0.25, 0.3) is 0 Å². The Balaban J connectivity index is 1.30. The van der Waals surface area contributed by atoms with E-state index in [1.165, 1.54) is 16.7 Å². The molecule has 0 aliphatic carbocycles. The molecule has 0 aromatic heterocycles. The second kappa shape index (κ2) is 13.5. The summed E-state index contributed by atoms with van der Waals surface area (Å²) in [6.45, 7) is 4.87. The molecule has 2 aromatic rings. The first kappa shape index (κ1) is 31.1. The quantitative estimate of drug-likeness (QED) is 0.369. The number of carbonyl (C=O) groups excluding carboxylic acids is 3. The minimum atomic E-state index is -1.64. The van der Waals surface area contributed by atoms with Gasteiger partial charge in [0.1, 0.15) is 17.9 Å². The summed E-state index contributed by atoms with van der Waals surface area (Å²) in [5.41, 5.74) is 1.70. The lowest BCUT2D eigenvalue weighted by Gasteiger charge is -2.33. The van der Waals surface area contributed by atoms with Crippen molar-refractivity contribution in [3.8, 4) is 5.75 Å². The number of thioether (sulfide) groups is 1. The van der Waals surface area contributed by atoms with Crippen LogP contribution in [0.4, 0.5) is 4.79 Å². The molecule has 6 atom stereocenters. The molecule has 3 fully saturated rings. The van der Waals surface area contributed by atoms with Crippen LogP contribution >= 0.6 is 11.8 Å². The molecule has 0 bridgehead atoms. The fourth-order valence-corrected chi connectivity index (χ4v) is 6.90. The fourth-order valence-electron chi connectivity index (χ4n) is 5.76. The summed E-state index contributed by atoms with van der Waals surface area (Å²) >= 11 is 1.46. The van der Waals surface area contributed by atoms with Gasteiger partial charge in [-0.2, -0.15) is 0 Å². The fraction of sp³-hybridized carbons (Fsp3) is 0.516. The molecule has 232 valence electrons. The highest BCUT2D eigenvalue weighted by Crippen LogP contribution is 2.40. The molecule has 12 heteroatoms. The van der Waals surface area contributed by atoms with Crippen molar-refractivity contribution >= 4 is 29.7 Å². The molecule has 3 heterocycles. The van der Waals surface area contributed by atoms with Gasteiger partial charge in [0, 0.05) is 11.3 Å². The number of ether oxygens (including phenoxy) is 4. The lowest BCUT2D eigenvalue weighted by atomic mass is 9.97. The lowest BCUT2D eigenvalue weighted by Crippen LogP contribution is -2.58. The van der Waals surface area contributed by atoms with Crippen LogP contribution < -0.4 is 15.4 Å². The predicted octanol–water partition coefficient (Wildman–Crippen LogP) is 2.45. The third-order valence-electron chi connectivity index (χ3n) is 8.18. The van der Waals surface area contributed by atoms with Gasteiger partial charge in [0.25, 0.3) is 5.91 Å². The molecule has 3 N–H and O–H groups in total. The normalized spacial score (nSPS) is 25.4. The number of nitrogens with one attached hydrogen (secondary N) is 2. The Kier molecular flexibility index (Phi) is 9.80. The monoisotopic (exact) mass is 613 g/mol. The maximum atomic E-state index is 13.9. The molecule has 0 spiro atoms. The van der Waals surface area contributed by atoms with E-state index in [0.29, 0.717) is 18.9 Å². The Hall–Kier alpha value is -3.32. The van der Waals surface area contributed by atoms with Crippen LogP contribution in [0.5, 0.6) is 5.75 Å². The number of carbonyl (C=O) groups is 3. The molecule has 3 amide bonds. The summed E-state index contributed by atoms with van der Waals surface area (Å²) < 4.78 is 21.4. The second-order valence-corrected chi connectivity index (χ2v) is 13.1. The zero-order valence-corrected chi connectivity index (χ0v) is 25.4. The van der Waals surface area contributed by atoms with Gasteiger partial charge in [-0.05, 0) is 49.9 Å². The maximum absolute atomic E-state index is 13.9. The van der Waals surface area contributed by atoms with Gasteiger partial charge in [0.05, 0.1) is 38.2 Å². The standard InChI is InChI=1S/C31H39N3O8S/c1-31(2)26(27(36)32-16-20-7-5-4-6-8-20)34(18-43-31)28(37)25(35)23(15-19-9-11-21(39-3)12-10-19)33-30(38)42-24-17-41-29-22(24)13-14-40-29/h4-12,22-26,29,35H,13-18H2,1-3H3,(H,32,36)(H,33,38)/t22-,23+,24-,25+,26-,29+/m1/s1. The summed E-state index contributed by atoms with van der Waals surface area (Å²) in [5, 5.41) is 17.1. The highest BCUT2D eigenvalue weighted by molar-refractivity contribution is 8.00. The number of methoxy groups -OCH3 is 1. The third-order valence-corrected chi connectivity index (χ3v) is 9.56. The van der Waals surface area contributed by atoms with Gasteiger partial charge >= 0.3 is 6.09 Å². The van der Waals surface area contributed by atoms with Crippen LogP contribution in [-0.2, 0) is 36.8 Å². The molecular formula is C31H39N3O8S. The number of hydrogen-bond acceptors (Lipinski definition) is 9. The first-order valence-corrected chi connectivity index (χ1v) is 15.4. The van der Waals surface area contributed by atoms with Crippen molar-refractivity contribution in [2.24, 2.45) is 5.92 Å². The zero-order valence-electron chi connectivity index (χ0n) is 24.6. The molecule has 3 aliphatic heterocycles. The molecule has 0 radical (unpaired) electrons. The van der Waals surface area contributed by atoms with Gasteiger partial charge in [0.15, 0.2) is 12.4 Å². The van der Waals surface area contributed by atoms with E-state index in [2.05, 4.69) is 10.6 Å². The third kappa shape index (κ3) is 7.26. The van der Waals surface area contributed by atoms with E-state index in [9.17, 15) is 19.5 Å². The number of aliphatic hydroxyl groups is 1. The van der Waals surface area contributed by atoms with E-state index in [4.69, 9.17) is 18.9 Å². The first-order valence-electron chi connectivity index (χ1n) is 14.4. The number of amides is 3. The van der Waals surface area contributed by atoms with Crippen LogP contribution in [0.15, 0.2) is 54.6 Å². The van der Waals surface area contributed by atoms with Crippen molar-refractivity contribution in [1.29, 1.82) is 0 Å². The van der Waals surface area contributed by atoms with Crippen LogP contribution in [0.1, 0.15) is 31.4 Å². The van der Waals surface area contributed by atoms with Crippen LogP contribution in [-0.4, -0.2) is 89.4 Å². The SMILES string of the molecule is COc1ccc(C[C@H](NC(=O)O[C@@H]2CO[C@@H]3OCC[C@@H]32)[C@H](O)C(=O)N2CSC(C)(C)[C@H]2C(=O)NCc2ccccc2)cc1. The molecule has 0 unspecified atom stereocenters. The molecule has 0 saturated carbocycles. The number of rotatable bonds is 10. The minimum absolute atomic E-state index is 0.0589. The van der Waals surface area contributed by atoms with Crippen LogP contribution in [0.3, 0.4) is 0 Å². The predicted molar refractivity (Wildman–Crippen MR) is 159 cm³/mol. The molecule has 11 nitrogen and oxygen atoms in total. The maximum Gasteiger partial charge on any atom is 0.407 e. The average Bonchev–Trinajstić information content (AvgIpc) is 3.71. The highest BCUT2D eigenvalue weighted by Gasteiger charge is 2.50. The van der Waals surface area contributed by atoms with Crippen molar-refractivity contribution < 1.29 is 38.4 Å². The van der Waals surface area contributed by atoms with Gasteiger partial charge in [0.2, 0.25) is 5.91 Å². The van der Waals surface area contributed by atoms with Crippen LogP contribution in [0.2, 0.25) is 0 Å². The topological polar surface area (TPSA) is 136 Å². The lowest BCUT2D eigenvalue weighted by molar-refractivity contribution is -0.147. The average molecular weight is 614 g/mol. The molecule has 2 aromatic carbocycles. The van der Waals surface area contributed by atoms with Gasteiger partial charge < -0.3 is 39.6 Å². The summed E-state index contributed by atoms with van der Waals surface area (Å²) in [7, 11) is 1.56. The number of aliphatic hydroxyl groups excluding tert-OH is 1.